The van der Waals surface area contributed by atoms with Crippen molar-refractivity contribution in [3.63, 3.8) is 0 Å². The zero-order valence-electron chi connectivity index (χ0n) is 9.68. The molecule has 0 spiro atoms. The summed E-state index contributed by atoms with van der Waals surface area (Å²) in [5.74, 6) is -2.11. The van der Waals surface area contributed by atoms with Crippen LogP contribution in [-0.2, 0) is 16.1 Å². The molecule has 1 aromatic heterocycles. The molecule has 0 saturated heterocycles. The number of carbonyl (C=O) groups excluding carboxylic acids is 2. The number of halogens is 1. The number of carbonyl (C=O) groups is 3. The first-order valence-electron chi connectivity index (χ1n) is 5.17. The number of nitrogens with two attached hydrogens (primary N) is 1. The van der Waals surface area contributed by atoms with Crippen LogP contribution in [0, 0.1) is 0 Å². The van der Waals surface area contributed by atoms with Crippen LogP contribution in [0.5, 0.6) is 0 Å². The molecule has 7 nitrogen and oxygen atoms in total. The van der Waals surface area contributed by atoms with E-state index in [1.165, 1.54) is 11.3 Å². The lowest BCUT2D eigenvalue weighted by Crippen LogP contribution is -2.47. The van der Waals surface area contributed by atoms with E-state index >= 15 is 0 Å². The highest BCUT2D eigenvalue weighted by molar-refractivity contribution is 9.10. The molecule has 0 saturated carbocycles. The summed E-state index contributed by atoms with van der Waals surface area (Å²) in [7, 11) is 0. The third kappa shape index (κ3) is 5.26. The maximum atomic E-state index is 11.5. The minimum atomic E-state index is -1.33. The van der Waals surface area contributed by atoms with E-state index in [1.54, 1.807) is 0 Å². The van der Waals surface area contributed by atoms with Gasteiger partial charge in [0.05, 0.1) is 13.0 Å². The van der Waals surface area contributed by atoms with Gasteiger partial charge in [0.25, 0.3) is 0 Å². The Labute approximate surface area is 121 Å². The van der Waals surface area contributed by atoms with E-state index in [0.29, 0.717) is 0 Å². The lowest BCUT2D eigenvalue weighted by atomic mass is 10.2. The van der Waals surface area contributed by atoms with Gasteiger partial charge < -0.3 is 21.5 Å². The molecule has 104 valence electrons. The van der Waals surface area contributed by atoms with Gasteiger partial charge in [0.1, 0.15) is 6.04 Å². The first-order valence-corrected chi connectivity index (χ1v) is 6.84. The Balaban J connectivity index is 2.47. The van der Waals surface area contributed by atoms with Crippen LogP contribution in [0.1, 0.15) is 11.3 Å². The Kier molecular flexibility index (Phi) is 5.77. The van der Waals surface area contributed by atoms with Gasteiger partial charge in [-0.15, -0.1) is 11.3 Å². The summed E-state index contributed by atoms with van der Waals surface area (Å²) >= 11 is 4.75. The molecular weight excluding hydrogens is 338 g/mol. The van der Waals surface area contributed by atoms with Gasteiger partial charge >= 0.3 is 12.0 Å². The second-order valence-corrected chi connectivity index (χ2v) is 5.43. The van der Waals surface area contributed by atoms with Gasteiger partial charge in [-0.1, -0.05) is 0 Å². The fraction of sp³-hybridized carbons (Fsp3) is 0.300. The Bertz CT molecular complexity index is 491. The van der Waals surface area contributed by atoms with Crippen LogP contribution in [0.2, 0.25) is 0 Å². The predicted octanol–water partition coefficient (Wildman–Crippen LogP) is 0.638. The number of hydrogen-bond acceptors (Lipinski definition) is 4. The van der Waals surface area contributed by atoms with E-state index in [1.807, 2.05) is 11.4 Å². The molecule has 9 heteroatoms. The Morgan fingerprint density at radius 2 is 2.16 bits per heavy atom. The average molecular weight is 350 g/mol. The standard InChI is InChI=1S/C10H12BrN3O4S/c11-5-1-2-19-7(5)4-13-10(18)14-6(9(16)17)3-8(12)15/h1-2,6H,3-4H2,(H2,12,15)(H,16,17)(H2,13,14,18)/t6-/m1/s1. The molecule has 0 unspecified atom stereocenters. The van der Waals surface area contributed by atoms with Crippen molar-refractivity contribution in [2.45, 2.75) is 19.0 Å². The average Bonchev–Trinajstić information content (AvgIpc) is 2.70. The highest BCUT2D eigenvalue weighted by Gasteiger charge is 2.21. The number of carboxylic acids is 1. The van der Waals surface area contributed by atoms with Gasteiger partial charge in [-0.05, 0) is 27.4 Å². The van der Waals surface area contributed by atoms with E-state index in [4.69, 9.17) is 10.8 Å². The highest BCUT2D eigenvalue weighted by atomic mass is 79.9. The molecule has 1 atom stereocenters. The van der Waals surface area contributed by atoms with E-state index < -0.39 is 30.4 Å². The van der Waals surface area contributed by atoms with Gasteiger partial charge in [0.2, 0.25) is 5.91 Å². The molecule has 3 amide bonds. The molecule has 5 N–H and O–H groups in total. The third-order valence-corrected chi connectivity index (χ3v) is 4.04. The number of hydrogen-bond donors (Lipinski definition) is 4. The van der Waals surface area contributed by atoms with E-state index in [2.05, 4.69) is 26.6 Å². The molecule has 0 radical (unpaired) electrons. The van der Waals surface area contributed by atoms with Gasteiger partial charge in [0.15, 0.2) is 0 Å². The van der Waals surface area contributed by atoms with Gasteiger partial charge in [0, 0.05) is 9.35 Å². The monoisotopic (exact) mass is 349 g/mol. The van der Waals surface area contributed by atoms with Gasteiger partial charge in [-0.25, -0.2) is 9.59 Å². The van der Waals surface area contributed by atoms with Crippen molar-refractivity contribution in [3.8, 4) is 0 Å². The van der Waals surface area contributed by atoms with Crippen molar-refractivity contribution in [3.05, 3.63) is 20.8 Å². The van der Waals surface area contributed by atoms with Crippen molar-refractivity contribution < 1.29 is 19.5 Å². The molecule has 0 bridgehead atoms. The van der Waals surface area contributed by atoms with E-state index in [9.17, 15) is 14.4 Å². The molecule has 0 aliphatic rings. The number of primary amides is 1. The summed E-state index contributed by atoms with van der Waals surface area (Å²) in [5, 5.41) is 15.3. The molecule has 1 heterocycles. The zero-order valence-corrected chi connectivity index (χ0v) is 12.1. The fourth-order valence-electron chi connectivity index (χ4n) is 1.22. The molecular formula is C10H12BrN3O4S. The fourth-order valence-corrected chi connectivity index (χ4v) is 2.65. The second kappa shape index (κ2) is 7.10. The Morgan fingerprint density at radius 3 is 2.63 bits per heavy atom. The minimum Gasteiger partial charge on any atom is -0.480 e. The van der Waals surface area contributed by atoms with Crippen molar-refractivity contribution in [1.29, 1.82) is 0 Å². The molecule has 1 rings (SSSR count). The normalized spacial score (nSPS) is 11.6. The van der Waals surface area contributed by atoms with Crippen LogP contribution in [-0.4, -0.2) is 29.1 Å². The zero-order chi connectivity index (χ0) is 14.4. The van der Waals surface area contributed by atoms with Gasteiger partial charge in [-0.3, -0.25) is 4.79 Å². The van der Waals surface area contributed by atoms with Crippen LogP contribution in [0.15, 0.2) is 15.9 Å². The molecule has 19 heavy (non-hydrogen) atoms. The highest BCUT2D eigenvalue weighted by Crippen LogP contribution is 2.21. The Morgan fingerprint density at radius 1 is 1.47 bits per heavy atom. The number of nitrogens with one attached hydrogen (secondary N) is 2. The number of amides is 3. The number of carboxylic acid groups (broad SMARTS) is 1. The maximum absolute atomic E-state index is 11.5. The van der Waals surface area contributed by atoms with Gasteiger partial charge in [-0.2, -0.15) is 0 Å². The second-order valence-electron chi connectivity index (χ2n) is 3.58. The van der Waals surface area contributed by atoms with Crippen LogP contribution in [0.4, 0.5) is 4.79 Å². The molecule has 0 aromatic carbocycles. The first-order chi connectivity index (χ1) is 8.90. The molecule has 0 aliphatic heterocycles. The molecule has 0 fully saturated rings. The van der Waals surface area contributed by atoms with Crippen LogP contribution in [0.3, 0.4) is 0 Å². The smallest absolute Gasteiger partial charge is 0.326 e. The number of thiophene rings is 1. The summed E-state index contributed by atoms with van der Waals surface area (Å²) < 4.78 is 0.865. The van der Waals surface area contributed by atoms with Crippen molar-refractivity contribution in [2.24, 2.45) is 5.73 Å². The van der Waals surface area contributed by atoms with Crippen LogP contribution in [0.25, 0.3) is 0 Å². The number of aliphatic carboxylic acids is 1. The lowest BCUT2D eigenvalue weighted by molar-refractivity contribution is -0.140. The summed E-state index contributed by atoms with van der Waals surface area (Å²) in [4.78, 5) is 33.9. The van der Waals surface area contributed by atoms with E-state index in [0.717, 1.165) is 9.35 Å². The van der Waals surface area contributed by atoms with Crippen molar-refractivity contribution in [1.82, 2.24) is 10.6 Å². The topological polar surface area (TPSA) is 122 Å². The van der Waals surface area contributed by atoms with Crippen LogP contribution < -0.4 is 16.4 Å². The number of rotatable bonds is 6. The first kappa shape index (κ1) is 15.4. The van der Waals surface area contributed by atoms with Crippen molar-refractivity contribution in [2.75, 3.05) is 0 Å². The minimum absolute atomic E-state index is 0.257. The lowest BCUT2D eigenvalue weighted by Gasteiger charge is -2.13. The van der Waals surface area contributed by atoms with Crippen molar-refractivity contribution >= 4 is 45.2 Å². The van der Waals surface area contributed by atoms with E-state index in [-0.39, 0.29) is 6.54 Å². The maximum Gasteiger partial charge on any atom is 0.326 e. The quantitative estimate of drug-likeness (QED) is 0.601. The summed E-state index contributed by atoms with van der Waals surface area (Å²) in [6.07, 6.45) is -0.453. The summed E-state index contributed by atoms with van der Waals surface area (Å²) in [6.45, 7) is 0.257. The Hall–Kier alpha value is -1.61. The third-order valence-electron chi connectivity index (χ3n) is 2.11. The number of urea groups is 1. The summed E-state index contributed by atoms with van der Waals surface area (Å²) in [6, 6.07) is -0.162. The summed E-state index contributed by atoms with van der Waals surface area (Å²) in [5.41, 5.74) is 4.90. The molecule has 1 aromatic rings. The molecule has 0 aliphatic carbocycles. The SMILES string of the molecule is NC(=O)C[C@@H](NC(=O)NCc1sccc1Br)C(=O)O. The largest absolute Gasteiger partial charge is 0.480 e. The predicted molar refractivity (Wildman–Crippen MR) is 72.6 cm³/mol. The van der Waals surface area contributed by atoms with Crippen LogP contribution >= 0.6 is 27.3 Å².